The Balaban J connectivity index is 3.19. The summed E-state index contributed by atoms with van der Waals surface area (Å²) >= 11 is 6.28. The Labute approximate surface area is 93.4 Å². The molecule has 1 aliphatic heterocycles. The fraction of sp³-hybridized carbons (Fsp3) is 0.571. The Morgan fingerprint density at radius 3 is 2.53 bits per heavy atom. The number of rotatable bonds is 2. The molecule has 0 saturated carbocycles. The number of nitrogens with two attached hydrogens (primary N) is 1. The fourth-order valence-electron chi connectivity index (χ4n) is 1.22. The van der Waals surface area contributed by atoms with Crippen LogP contribution < -0.4 is 5.73 Å². The van der Waals surface area contributed by atoms with Gasteiger partial charge in [0, 0.05) is 6.54 Å². The number of carbonyl (C=O) groups excluding carboxylic acids is 1. The lowest BCUT2D eigenvalue weighted by atomic mass is 10.3. The van der Waals surface area contributed by atoms with Gasteiger partial charge in [-0.25, -0.2) is 0 Å². The summed E-state index contributed by atoms with van der Waals surface area (Å²) in [5.74, 6) is -1.10. The maximum absolute atomic E-state index is 12.6. The van der Waals surface area contributed by atoms with Gasteiger partial charge in [0.05, 0.1) is 0 Å². The second kappa shape index (κ2) is 4.13. The first-order chi connectivity index (χ1) is 6.79. The first-order valence-electron chi connectivity index (χ1n) is 3.97. The summed E-state index contributed by atoms with van der Waals surface area (Å²) in [6.07, 6.45) is -4.61. The SMILES string of the molecule is CCN1C(C(F)(F)F)=C(C(N)=O)SC1Cl. The standard InChI is InChI=1S/C7H8ClF3N2OS/c1-2-13-4(7(9,10)11)3(5(12)14)15-6(13)8/h6H,2H2,1H3,(H2,12,14). The summed E-state index contributed by atoms with van der Waals surface area (Å²) in [6, 6.07) is 0. The maximum Gasteiger partial charge on any atom is 0.432 e. The van der Waals surface area contributed by atoms with Crippen LogP contribution in [0.1, 0.15) is 6.92 Å². The predicted molar refractivity (Wildman–Crippen MR) is 51.9 cm³/mol. The number of hydrogen-bond donors (Lipinski definition) is 1. The molecule has 15 heavy (non-hydrogen) atoms. The van der Waals surface area contributed by atoms with Gasteiger partial charge in [0.15, 0.2) is 4.83 Å². The Morgan fingerprint density at radius 2 is 2.20 bits per heavy atom. The average molecular weight is 261 g/mol. The van der Waals surface area contributed by atoms with Crippen LogP contribution in [0.25, 0.3) is 0 Å². The van der Waals surface area contributed by atoms with Gasteiger partial charge in [-0.2, -0.15) is 13.2 Å². The molecule has 2 N–H and O–H groups in total. The molecule has 0 aromatic carbocycles. The summed E-state index contributed by atoms with van der Waals surface area (Å²) in [7, 11) is 0. The van der Waals surface area contributed by atoms with Gasteiger partial charge in [0.25, 0.3) is 5.91 Å². The van der Waals surface area contributed by atoms with Crippen LogP contribution in [0.5, 0.6) is 0 Å². The number of nitrogens with zero attached hydrogens (tertiary/aromatic N) is 1. The number of carbonyl (C=O) groups is 1. The van der Waals surface area contributed by atoms with E-state index in [1.165, 1.54) is 6.92 Å². The van der Waals surface area contributed by atoms with Crippen LogP contribution in [-0.4, -0.2) is 28.4 Å². The van der Waals surface area contributed by atoms with E-state index in [9.17, 15) is 18.0 Å². The molecule has 0 aromatic heterocycles. The molecular formula is C7H8ClF3N2OS. The van der Waals surface area contributed by atoms with Gasteiger partial charge in [0.1, 0.15) is 10.6 Å². The Morgan fingerprint density at radius 1 is 1.67 bits per heavy atom. The van der Waals surface area contributed by atoms with E-state index in [0.29, 0.717) is 11.8 Å². The van der Waals surface area contributed by atoms with E-state index >= 15 is 0 Å². The summed E-state index contributed by atoms with van der Waals surface area (Å²) in [5.41, 5.74) is 3.82. The molecule has 0 aromatic rings. The van der Waals surface area contributed by atoms with Crippen molar-refractivity contribution in [2.24, 2.45) is 5.73 Å². The molecule has 0 fully saturated rings. The number of halogens is 4. The number of amides is 1. The third-order valence-electron chi connectivity index (χ3n) is 1.80. The van der Waals surface area contributed by atoms with E-state index < -0.39 is 27.5 Å². The number of thioether (sulfide) groups is 1. The zero-order chi connectivity index (χ0) is 11.8. The van der Waals surface area contributed by atoms with Crippen molar-refractivity contribution in [2.75, 3.05) is 6.54 Å². The Kier molecular flexibility index (Phi) is 3.44. The predicted octanol–water partition coefficient (Wildman–Crippen LogP) is 1.84. The lowest BCUT2D eigenvalue weighted by molar-refractivity contribution is -0.119. The quantitative estimate of drug-likeness (QED) is 0.609. The number of primary amides is 1. The van der Waals surface area contributed by atoms with Crippen molar-refractivity contribution in [1.82, 2.24) is 4.90 Å². The fourth-order valence-corrected chi connectivity index (χ4v) is 2.76. The van der Waals surface area contributed by atoms with Crippen LogP contribution in [0.2, 0.25) is 0 Å². The first-order valence-corrected chi connectivity index (χ1v) is 5.29. The van der Waals surface area contributed by atoms with Crippen molar-refractivity contribution in [1.29, 1.82) is 0 Å². The molecule has 1 amide bonds. The Bertz CT molecular complexity index is 318. The zero-order valence-corrected chi connectivity index (χ0v) is 9.21. The van der Waals surface area contributed by atoms with Crippen LogP contribution in [0.3, 0.4) is 0 Å². The lowest BCUT2D eigenvalue weighted by Crippen LogP contribution is -2.32. The molecule has 0 aliphatic carbocycles. The van der Waals surface area contributed by atoms with Crippen LogP contribution in [0.15, 0.2) is 10.6 Å². The molecular weight excluding hydrogens is 253 g/mol. The van der Waals surface area contributed by atoms with Crippen molar-refractivity contribution >= 4 is 29.3 Å². The first kappa shape index (κ1) is 12.5. The molecule has 8 heteroatoms. The molecule has 86 valence electrons. The third-order valence-corrected chi connectivity index (χ3v) is 3.38. The van der Waals surface area contributed by atoms with E-state index in [1.54, 1.807) is 0 Å². The highest BCUT2D eigenvalue weighted by Crippen LogP contribution is 2.46. The molecule has 1 unspecified atom stereocenters. The van der Waals surface area contributed by atoms with Crippen LogP contribution >= 0.6 is 23.4 Å². The molecule has 1 aliphatic rings. The van der Waals surface area contributed by atoms with Crippen molar-refractivity contribution < 1.29 is 18.0 Å². The average Bonchev–Trinajstić information content (AvgIpc) is 2.41. The monoisotopic (exact) mass is 260 g/mol. The molecule has 1 atom stereocenters. The van der Waals surface area contributed by atoms with E-state index in [0.717, 1.165) is 4.90 Å². The highest BCUT2D eigenvalue weighted by atomic mass is 35.5. The van der Waals surface area contributed by atoms with Crippen molar-refractivity contribution in [3.63, 3.8) is 0 Å². The van der Waals surface area contributed by atoms with Gasteiger partial charge in [0.2, 0.25) is 0 Å². The topological polar surface area (TPSA) is 46.3 Å². The van der Waals surface area contributed by atoms with Crippen LogP contribution in [-0.2, 0) is 4.79 Å². The van der Waals surface area contributed by atoms with Gasteiger partial charge < -0.3 is 10.6 Å². The number of allylic oxidation sites excluding steroid dienone is 1. The highest BCUT2D eigenvalue weighted by molar-refractivity contribution is 8.05. The number of alkyl halides is 4. The van der Waals surface area contributed by atoms with E-state index in [-0.39, 0.29) is 6.54 Å². The van der Waals surface area contributed by atoms with E-state index in [2.05, 4.69) is 0 Å². The summed E-state index contributed by atoms with van der Waals surface area (Å²) in [6.45, 7) is 1.58. The molecule has 1 heterocycles. The van der Waals surface area contributed by atoms with Gasteiger partial charge in [-0.15, -0.1) is 0 Å². The summed E-state index contributed by atoms with van der Waals surface area (Å²) in [5, 5.41) is 0. The highest BCUT2D eigenvalue weighted by Gasteiger charge is 2.47. The van der Waals surface area contributed by atoms with Gasteiger partial charge in [-0.1, -0.05) is 23.4 Å². The second-order valence-electron chi connectivity index (χ2n) is 2.74. The Hall–Kier alpha value is -0.560. The van der Waals surface area contributed by atoms with Crippen LogP contribution in [0.4, 0.5) is 13.2 Å². The summed E-state index contributed by atoms with van der Waals surface area (Å²) < 4.78 is 37.8. The third kappa shape index (κ3) is 2.34. The lowest BCUT2D eigenvalue weighted by Gasteiger charge is -2.24. The maximum atomic E-state index is 12.6. The van der Waals surface area contributed by atoms with E-state index in [1.807, 2.05) is 0 Å². The molecule has 0 radical (unpaired) electrons. The van der Waals surface area contributed by atoms with Gasteiger partial charge in [-0.3, -0.25) is 4.79 Å². The zero-order valence-electron chi connectivity index (χ0n) is 7.64. The molecule has 3 nitrogen and oxygen atoms in total. The minimum absolute atomic E-state index is 0.0623. The van der Waals surface area contributed by atoms with Crippen molar-refractivity contribution in [3.8, 4) is 0 Å². The van der Waals surface area contributed by atoms with Crippen LogP contribution in [0, 0.1) is 0 Å². The molecule has 0 saturated heterocycles. The largest absolute Gasteiger partial charge is 0.432 e. The molecule has 0 bridgehead atoms. The minimum atomic E-state index is -4.61. The number of hydrogen-bond acceptors (Lipinski definition) is 3. The van der Waals surface area contributed by atoms with Gasteiger partial charge in [-0.05, 0) is 6.92 Å². The normalized spacial score (nSPS) is 22.5. The summed E-state index contributed by atoms with van der Waals surface area (Å²) in [4.78, 5) is 10.3. The smallest absolute Gasteiger partial charge is 0.365 e. The molecule has 0 spiro atoms. The molecule has 1 rings (SSSR count). The van der Waals surface area contributed by atoms with Crippen molar-refractivity contribution in [2.45, 2.75) is 17.9 Å². The second-order valence-corrected chi connectivity index (χ2v) is 4.50. The van der Waals surface area contributed by atoms with Gasteiger partial charge >= 0.3 is 6.18 Å². The van der Waals surface area contributed by atoms with E-state index in [4.69, 9.17) is 17.3 Å². The van der Waals surface area contributed by atoms with Crippen molar-refractivity contribution in [3.05, 3.63) is 10.6 Å². The minimum Gasteiger partial charge on any atom is -0.365 e.